The van der Waals surface area contributed by atoms with E-state index < -0.39 is 6.36 Å². The number of ether oxygens (including phenoxy) is 2. The molecule has 3 heterocycles. The molecule has 3 aromatic heterocycles. The predicted octanol–water partition coefficient (Wildman–Crippen LogP) is 3.59. The van der Waals surface area contributed by atoms with Gasteiger partial charge in [-0.3, -0.25) is 0 Å². The molecular formula is C22H22F3N7O3. The highest BCUT2D eigenvalue weighted by molar-refractivity contribution is 5.57. The van der Waals surface area contributed by atoms with E-state index >= 15 is 0 Å². The van der Waals surface area contributed by atoms with Crippen molar-refractivity contribution < 1.29 is 27.2 Å². The van der Waals surface area contributed by atoms with E-state index in [9.17, 15) is 13.2 Å². The molecule has 0 aliphatic carbocycles. The lowest BCUT2D eigenvalue weighted by atomic mass is 10.2. The summed E-state index contributed by atoms with van der Waals surface area (Å²) in [5.41, 5.74) is 1.37. The first kappa shape index (κ1) is 24.1. The molecular weight excluding hydrogens is 467 g/mol. The molecule has 184 valence electrons. The molecule has 0 atom stereocenters. The summed E-state index contributed by atoms with van der Waals surface area (Å²) in [6.45, 7) is 3.51. The molecule has 4 rings (SSSR count). The molecule has 4 aromatic rings. The summed E-state index contributed by atoms with van der Waals surface area (Å²) in [5, 5.41) is 8.32. The number of aromatic nitrogens is 6. The standard InChI is InChI=1S/C22H22F3N7O3/c1-14-27-20(29-32(14)13-15-8-9-26-18(12-15)33-11-10-31(2)3)21-28-19(30-35-21)16-4-6-17(7-5-16)34-22(23,24)25/h4-9,12H,10-11,13H2,1-3H3. The van der Waals surface area contributed by atoms with Crippen LogP contribution >= 0.6 is 0 Å². The molecule has 0 radical (unpaired) electrons. The summed E-state index contributed by atoms with van der Waals surface area (Å²) in [6.07, 6.45) is -3.09. The van der Waals surface area contributed by atoms with Crippen LogP contribution in [0.3, 0.4) is 0 Å². The van der Waals surface area contributed by atoms with E-state index in [0.717, 1.165) is 12.1 Å². The Hall–Kier alpha value is -4.00. The fourth-order valence-electron chi connectivity index (χ4n) is 3.03. The molecule has 35 heavy (non-hydrogen) atoms. The zero-order chi connectivity index (χ0) is 25.0. The molecule has 0 fully saturated rings. The van der Waals surface area contributed by atoms with Crippen LogP contribution in [0.15, 0.2) is 47.1 Å². The number of pyridine rings is 1. The van der Waals surface area contributed by atoms with Crippen LogP contribution in [0.2, 0.25) is 0 Å². The lowest BCUT2D eigenvalue weighted by Crippen LogP contribution is -2.19. The first-order valence-electron chi connectivity index (χ1n) is 10.5. The minimum Gasteiger partial charge on any atom is -0.476 e. The van der Waals surface area contributed by atoms with Crippen molar-refractivity contribution in [2.24, 2.45) is 0 Å². The third-order valence-electron chi connectivity index (χ3n) is 4.74. The second-order valence-corrected chi connectivity index (χ2v) is 7.79. The Balaban J connectivity index is 1.45. The average Bonchev–Trinajstić information content (AvgIpc) is 3.41. The van der Waals surface area contributed by atoms with Gasteiger partial charge in [0.05, 0.1) is 6.54 Å². The summed E-state index contributed by atoms with van der Waals surface area (Å²) >= 11 is 0. The van der Waals surface area contributed by atoms with Crippen molar-refractivity contribution in [1.29, 1.82) is 0 Å². The summed E-state index contributed by atoms with van der Waals surface area (Å²) in [5.74, 6) is 1.30. The molecule has 1 aromatic carbocycles. The van der Waals surface area contributed by atoms with Crippen LogP contribution < -0.4 is 9.47 Å². The van der Waals surface area contributed by atoms with Crippen LogP contribution in [0.4, 0.5) is 13.2 Å². The Labute approximate surface area is 198 Å². The van der Waals surface area contributed by atoms with E-state index in [2.05, 4.69) is 29.9 Å². The van der Waals surface area contributed by atoms with Gasteiger partial charge in [0.15, 0.2) is 0 Å². The highest BCUT2D eigenvalue weighted by Gasteiger charge is 2.31. The fraction of sp³-hybridized carbons (Fsp3) is 0.318. The Morgan fingerprint density at radius 2 is 1.83 bits per heavy atom. The Morgan fingerprint density at radius 3 is 2.54 bits per heavy atom. The first-order valence-corrected chi connectivity index (χ1v) is 10.5. The van der Waals surface area contributed by atoms with Gasteiger partial charge in [0, 0.05) is 24.4 Å². The van der Waals surface area contributed by atoms with Gasteiger partial charge in [0.25, 0.3) is 5.89 Å². The van der Waals surface area contributed by atoms with Crippen molar-refractivity contribution in [1.82, 2.24) is 34.8 Å². The van der Waals surface area contributed by atoms with Gasteiger partial charge >= 0.3 is 6.36 Å². The lowest BCUT2D eigenvalue weighted by molar-refractivity contribution is -0.274. The normalized spacial score (nSPS) is 11.7. The topological polar surface area (TPSA) is 104 Å². The molecule has 0 amide bonds. The number of nitrogens with zero attached hydrogens (tertiary/aromatic N) is 7. The van der Waals surface area contributed by atoms with Gasteiger partial charge in [-0.15, -0.1) is 18.3 Å². The first-order chi connectivity index (χ1) is 16.7. The van der Waals surface area contributed by atoms with Crippen molar-refractivity contribution in [3.05, 3.63) is 54.0 Å². The molecule has 0 aliphatic rings. The zero-order valence-corrected chi connectivity index (χ0v) is 19.2. The highest BCUT2D eigenvalue weighted by atomic mass is 19.4. The zero-order valence-electron chi connectivity index (χ0n) is 19.2. The van der Waals surface area contributed by atoms with Crippen LogP contribution in [0.5, 0.6) is 11.6 Å². The van der Waals surface area contributed by atoms with E-state index in [4.69, 9.17) is 9.26 Å². The maximum atomic E-state index is 12.3. The minimum atomic E-state index is -4.76. The molecule has 0 spiro atoms. The third-order valence-corrected chi connectivity index (χ3v) is 4.74. The molecule has 0 aliphatic heterocycles. The van der Waals surface area contributed by atoms with Gasteiger partial charge in [0.2, 0.25) is 17.5 Å². The van der Waals surface area contributed by atoms with Crippen molar-refractivity contribution in [2.75, 3.05) is 27.2 Å². The maximum Gasteiger partial charge on any atom is 0.573 e. The number of hydrogen-bond donors (Lipinski definition) is 0. The van der Waals surface area contributed by atoms with Crippen LogP contribution in [0, 0.1) is 6.92 Å². The van der Waals surface area contributed by atoms with Gasteiger partial charge in [-0.05, 0) is 56.9 Å². The molecule has 10 nitrogen and oxygen atoms in total. The largest absolute Gasteiger partial charge is 0.573 e. The Bertz CT molecular complexity index is 1270. The number of halogens is 3. The summed E-state index contributed by atoms with van der Waals surface area (Å²) < 4.78 is 53.5. The lowest BCUT2D eigenvalue weighted by Gasteiger charge is -2.11. The molecule has 13 heteroatoms. The minimum absolute atomic E-state index is 0.0832. The van der Waals surface area contributed by atoms with Crippen molar-refractivity contribution >= 4 is 0 Å². The van der Waals surface area contributed by atoms with Crippen molar-refractivity contribution in [2.45, 2.75) is 19.8 Å². The number of benzene rings is 1. The second-order valence-electron chi connectivity index (χ2n) is 7.79. The molecule has 0 bridgehead atoms. The predicted molar refractivity (Wildman–Crippen MR) is 118 cm³/mol. The van der Waals surface area contributed by atoms with Crippen molar-refractivity contribution in [3.8, 4) is 34.7 Å². The monoisotopic (exact) mass is 489 g/mol. The number of rotatable bonds is 9. The number of hydrogen-bond acceptors (Lipinski definition) is 9. The fourth-order valence-corrected chi connectivity index (χ4v) is 3.03. The Morgan fingerprint density at radius 1 is 1.06 bits per heavy atom. The van der Waals surface area contributed by atoms with E-state index in [1.807, 2.05) is 31.1 Å². The van der Waals surface area contributed by atoms with Gasteiger partial charge in [-0.25, -0.2) is 14.6 Å². The molecule has 0 N–H and O–H groups in total. The van der Waals surface area contributed by atoms with Crippen LogP contribution in [-0.4, -0.2) is 68.4 Å². The van der Waals surface area contributed by atoms with E-state index in [0.29, 0.717) is 30.4 Å². The molecule has 0 saturated heterocycles. The van der Waals surface area contributed by atoms with Crippen LogP contribution in [0.25, 0.3) is 23.1 Å². The van der Waals surface area contributed by atoms with Gasteiger partial charge < -0.3 is 18.9 Å². The van der Waals surface area contributed by atoms with Gasteiger partial charge in [-0.2, -0.15) is 4.98 Å². The summed E-state index contributed by atoms with van der Waals surface area (Å²) in [6, 6.07) is 8.83. The van der Waals surface area contributed by atoms with E-state index in [1.165, 1.54) is 24.3 Å². The smallest absolute Gasteiger partial charge is 0.476 e. The van der Waals surface area contributed by atoms with Gasteiger partial charge in [0.1, 0.15) is 18.2 Å². The quantitative estimate of drug-likeness (QED) is 0.349. The van der Waals surface area contributed by atoms with Crippen LogP contribution in [-0.2, 0) is 6.54 Å². The third kappa shape index (κ3) is 6.53. The van der Waals surface area contributed by atoms with Crippen LogP contribution in [0.1, 0.15) is 11.4 Å². The summed E-state index contributed by atoms with van der Waals surface area (Å²) in [4.78, 5) is 14.9. The number of alkyl halides is 3. The van der Waals surface area contributed by atoms with Gasteiger partial charge in [-0.1, -0.05) is 5.16 Å². The number of aryl methyl sites for hydroxylation is 1. The molecule has 0 saturated carbocycles. The maximum absolute atomic E-state index is 12.3. The molecule has 0 unspecified atom stereocenters. The highest BCUT2D eigenvalue weighted by Crippen LogP contribution is 2.26. The van der Waals surface area contributed by atoms with E-state index in [-0.39, 0.29) is 23.3 Å². The number of likely N-dealkylation sites (N-methyl/N-ethyl adjacent to an activating group) is 1. The SMILES string of the molecule is Cc1nc(-c2nc(-c3ccc(OC(F)(F)F)cc3)no2)nn1Cc1ccnc(OCCN(C)C)c1. The average molecular weight is 489 g/mol. The Kier molecular flexibility index (Phi) is 6.96. The van der Waals surface area contributed by atoms with E-state index in [1.54, 1.807) is 17.8 Å². The second kappa shape index (κ2) is 10.1. The van der Waals surface area contributed by atoms with Crippen molar-refractivity contribution in [3.63, 3.8) is 0 Å². The summed E-state index contributed by atoms with van der Waals surface area (Å²) in [7, 11) is 3.93.